The van der Waals surface area contributed by atoms with Crippen LogP contribution < -0.4 is 16.2 Å². The molecule has 19 heavy (non-hydrogen) atoms. The molecule has 0 aliphatic carbocycles. The molecule has 0 aromatic carbocycles. The Morgan fingerprint density at radius 2 is 2.26 bits per heavy atom. The van der Waals surface area contributed by atoms with E-state index in [2.05, 4.69) is 15.4 Å². The molecule has 9 heteroatoms. The van der Waals surface area contributed by atoms with Gasteiger partial charge in [-0.25, -0.2) is 19.6 Å². The minimum Gasteiger partial charge on any atom is -0.395 e. The quantitative estimate of drug-likeness (QED) is 0.544. The Balaban J connectivity index is 2.46. The fourth-order valence-electron chi connectivity index (χ4n) is 1.72. The number of alkyl halides is 2. The number of nitrogens with zero attached hydrogens (tertiary/aromatic N) is 3. The van der Waals surface area contributed by atoms with Crippen molar-refractivity contribution in [3.05, 3.63) is 11.4 Å². The highest BCUT2D eigenvalue weighted by atomic mass is 32.1. The van der Waals surface area contributed by atoms with Crippen molar-refractivity contribution < 1.29 is 13.9 Å². The van der Waals surface area contributed by atoms with Crippen molar-refractivity contribution in [2.45, 2.75) is 6.43 Å². The van der Waals surface area contributed by atoms with E-state index in [1.54, 1.807) is 11.4 Å². The fraction of sp³-hybridized carbons (Fsp3) is 0.400. The van der Waals surface area contributed by atoms with E-state index in [1.807, 2.05) is 0 Å². The molecule has 4 N–H and O–H groups in total. The number of halogens is 2. The zero-order chi connectivity index (χ0) is 13.8. The molecule has 0 bridgehead atoms. The number of nitrogens with one attached hydrogen (secondary N) is 1. The number of nitrogen functional groups attached to an aromatic ring is 1. The summed E-state index contributed by atoms with van der Waals surface area (Å²) < 4.78 is 25.2. The third-order valence-corrected chi connectivity index (χ3v) is 3.27. The van der Waals surface area contributed by atoms with Crippen LogP contribution in [0.15, 0.2) is 11.4 Å². The summed E-state index contributed by atoms with van der Waals surface area (Å²) in [6.07, 6.45) is -2.52. The zero-order valence-electron chi connectivity index (χ0n) is 9.88. The van der Waals surface area contributed by atoms with Crippen LogP contribution >= 0.6 is 11.3 Å². The molecule has 0 aliphatic rings. The first-order chi connectivity index (χ1) is 9.15. The van der Waals surface area contributed by atoms with Gasteiger partial charge in [0.05, 0.1) is 18.5 Å². The zero-order valence-corrected chi connectivity index (χ0v) is 10.7. The molecule has 104 valence electrons. The van der Waals surface area contributed by atoms with Gasteiger partial charge in [-0.05, 0) is 11.4 Å². The van der Waals surface area contributed by atoms with E-state index in [0.29, 0.717) is 16.0 Å². The van der Waals surface area contributed by atoms with Gasteiger partial charge in [-0.15, -0.1) is 11.3 Å². The predicted octanol–water partition coefficient (Wildman–Crippen LogP) is 1.04. The first kappa shape index (κ1) is 13.8. The molecule has 0 spiro atoms. The maximum absolute atomic E-state index is 12.6. The van der Waals surface area contributed by atoms with Gasteiger partial charge >= 0.3 is 0 Å². The number of fused-ring (bicyclic) bond motifs is 1. The van der Waals surface area contributed by atoms with Crippen molar-refractivity contribution in [2.75, 3.05) is 30.0 Å². The standard InChI is InChI=1S/C10H13F2N5OS/c11-7(12)5-17(2-3-18)8-6-1-4-19-9(6)15-10(14-8)16-13/h1,4,7,18H,2-3,5,13H2,(H,14,15,16). The van der Waals surface area contributed by atoms with Gasteiger partial charge < -0.3 is 10.0 Å². The maximum Gasteiger partial charge on any atom is 0.255 e. The molecule has 0 fully saturated rings. The lowest BCUT2D eigenvalue weighted by molar-refractivity contribution is 0.152. The minimum atomic E-state index is -2.52. The summed E-state index contributed by atoms with van der Waals surface area (Å²) >= 11 is 1.36. The van der Waals surface area contributed by atoms with Crippen LogP contribution in [0, 0.1) is 0 Å². The monoisotopic (exact) mass is 289 g/mol. The number of rotatable bonds is 6. The normalized spacial score (nSPS) is 11.2. The van der Waals surface area contributed by atoms with E-state index in [-0.39, 0.29) is 19.1 Å². The van der Waals surface area contributed by atoms with Gasteiger partial charge in [0.2, 0.25) is 5.95 Å². The lowest BCUT2D eigenvalue weighted by atomic mass is 10.3. The molecule has 2 aromatic heterocycles. The molecule has 6 nitrogen and oxygen atoms in total. The van der Waals surface area contributed by atoms with E-state index >= 15 is 0 Å². The molecule has 0 atom stereocenters. The first-order valence-electron chi connectivity index (χ1n) is 5.51. The number of hydrazine groups is 1. The van der Waals surface area contributed by atoms with E-state index < -0.39 is 13.0 Å². The molecule has 0 amide bonds. The number of aromatic nitrogens is 2. The van der Waals surface area contributed by atoms with Gasteiger partial charge in [0, 0.05) is 6.54 Å². The highest BCUT2D eigenvalue weighted by molar-refractivity contribution is 7.16. The SMILES string of the molecule is NNc1nc(N(CCO)CC(F)F)c2ccsc2n1. The topological polar surface area (TPSA) is 87.3 Å². The second-order valence-electron chi connectivity index (χ2n) is 3.72. The number of aliphatic hydroxyl groups excluding tert-OH is 1. The van der Waals surface area contributed by atoms with Crippen LogP contribution in [-0.4, -0.2) is 41.2 Å². The summed E-state index contributed by atoms with van der Waals surface area (Å²) in [7, 11) is 0. The molecule has 0 unspecified atom stereocenters. The van der Waals surface area contributed by atoms with Gasteiger partial charge in [0.15, 0.2) is 0 Å². The second-order valence-corrected chi connectivity index (χ2v) is 4.61. The maximum atomic E-state index is 12.6. The Labute approximate surface area is 111 Å². The second kappa shape index (κ2) is 6.04. The highest BCUT2D eigenvalue weighted by Crippen LogP contribution is 2.29. The molecule has 0 radical (unpaired) electrons. The third kappa shape index (κ3) is 3.06. The van der Waals surface area contributed by atoms with Crippen LogP contribution in [0.3, 0.4) is 0 Å². The molecular weight excluding hydrogens is 276 g/mol. The Morgan fingerprint density at radius 3 is 2.89 bits per heavy atom. The summed E-state index contributed by atoms with van der Waals surface area (Å²) in [6, 6.07) is 1.76. The summed E-state index contributed by atoms with van der Waals surface area (Å²) in [4.78, 5) is 10.2. The molecule has 2 rings (SSSR count). The fourth-order valence-corrected chi connectivity index (χ4v) is 2.47. The van der Waals surface area contributed by atoms with E-state index in [0.717, 1.165) is 0 Å². The average molecular weight is 289 g/mol. The van der Waals surface area contributed by atoms with Crippen molar-refractivity contribution in [1.82, 2.24) is 9.97 Å². The van der Waals surface area contributed by atoms with Crippen molar-refractivity contribution in [3.8, 4) is 0 Å². The van der Waals surface area contributed by atoms with Crippen LogP contribution in [0.2, 0.25) is 0 Å². The molecule has 2 heterocycles. The molecule has 0 saturated carbocycles. The van der Waals surface area contributed by atoms with Gasteiger partial charge in [-0.1, -0.05) is 0 Å². The number of hydrogen-bond acceptors (Lipinski definition) is 7. The van der Waals surface area contributed by atoms with Crippen LogP contribution in [0.25, 0.3) is 10.2 Å². The first-order valence-corrected chi connectivity index (χ1v) is 6.39. The number of thiophene rings is 1. The van der Waals surface area contributed by atoms with Gasteiger partial charge in [0.1, 0.15) is 10.6 Å². The van der Waals surface area contributed by atoms with E-state index in [9.17, 15) is 8.78 Å². The van der Waals surface area contributed by atoms with Crippen LogP contribution in [-0.2, 0) is 0 Å². The Kier molecular flexibility index (Phi) is 4.40. The smallest absolute Gasteiger partial charge is 0.255 e. The lowest BCUT2D eigenvalue weighted by Gasteiger charge is -2.23. The van der Waals surface area contributed by atoms with Crippen LogP contribution in [0.5, 0.6) is 0 Å². The predicted molar refractivity (Wildman–Crippen MR) is 70.5 cm³/mol. The van der Waals surface area contributed by atoms with Crippen molar-refractivity contribution in [1.29, 1.82) is 0 Å². The van der Waals surface area contributed by atoms with Crippen LogP contribution in [0.1, 0.15) is 0 Å². The summed E-state index contributed by atoms with van der Waals surface area (Å²) in [5.74, 6) is 5.76. The van der Waals surface area contributed by atoms with Crippen molar-refractivity contribution >= 4 is 33.3 Å². The van der Waals surface area contributed by atoms with E-state index in [4.69, 9.17) is 10.9 Å². The van der Waals surface area contributed by atoms with Gasteiger partial charge in [0.25, 0.3) is 6.43 Å². The Bertz CT molecular complexity index is 550. The third-order valence-electron chi connectivity index (χ3n) is 2.46. The number of aliphatic hydroxyl groups is 1. The highest BCUT2D eigenvalue weighted by Gasteiger charge is 2.18. The number of anilines is 2. The molecule has 2 aromatic rings. The minimum absolute atomic E-state index is 0.0658. The Hall–Kier alpha value is -1.58. The largest absolute Gasteiger partial charge is 0.395 e. The molecular formula is C10H13F2N5OS. The summed E-state index contributed by atoms with van der Waals surface area (Å²) in [5.41, 5.74) is 2.31. The Morgan fingerprint density at radius 1 is 1.47 bits per heavy atom. The molecule has 0 aliphatic heterocycles. The van der Waals surface area contributed by atoms with Crippen molar-refractivity contribution in [2.24, 2.45) is 5.84 Å². The van der Waals surface area contributed by atoms with E-state index in [1.165, 1.54) is 16.2 Å². The van der Waals surface area contributed by atoms with Crippen LogP contribution in [0.4, 0.5) is 20.5 Å². The van der Waals surface area contributed by atoms with Gasteiger partial charge in [-0.3, -0.25) is 5.43 Å². The average Bonchev–Trinajstić information content (AvgIpc) is 2.84. The van der Waals surface area contributed by atoms with Crippen molar-refractivity contribution in [3.63, 3.8) is 0 Å². The summed E-state index contributed by atoms with van der Waals surface area (Å²) in [5, 5.41) is 11.5. The lowest BCUT2D eigenvalue weighted by Crippen LogP contribution is -2.32. The number of hydrogen-bond donors (Lipinski definition) is 3. The van der Waals surface area contributed by atoms with Gasteiger partial charge in [-0.2, -0.15) is 4.98 Å². The summed E-state index contributed by atoms with van der Waals surface area (Å²) in [6.45, 7) is -0.684. The molecule has 0 saturated heterocycles. The number of nitrogens with two attached hydrogens (primary N) is 1.